The summed E-state index contributed by atoms with van der Waals surface area (Å²) in [5.74, 6) is 3.44. The predicted octanol–water partition coefficient (Wildman–Crippen LogP) is 7.73. The van der Waals surface area contributed by atoms with E-state index in [0.29, 0.717) is 0 Å². The summed E-state index contributed by atoms with van der Waals surface area (Å²) in [6.07, 6.45) is 21.6. The third kappa shape index (κ3) is 6.25. The predicted molar refractivity (Wildman–Crippen MR) is 110 cm³/mol. The lowest BCUT2D eigenvalue weighted by atomic mass is 9.77. The number of hydrogen-bond acceptors (Lipinski definition) is 0. The fraction of sp³-hybridized carbons (Fsp3) is 0.680. The molecule has 0 nitrogen and oxygen atoms in total. The Balaban J connectivity index is 1.33. The van der Waals surface area contributed by atoms with Crippen LogP contribution >= 0.6 is 0 Å². The van der Waals surface area contributed by atoms with E-state index in [9.17, 15) is 4.39 Å². The molecule has 0 atom stereocenters. The quantitative estimate of drug-likeness (QED) is 0.438. The average Bonchev–Trinajstić information content (AvgIpc) is 2.68. The van der Waals surface area contributed by atoms with Crippen LogP contribution in [0.5, 0.6) is 0 Å². The van der Waals surface area contributed by atoms with Crippen LogP contribution in [0, 0.1) is 29.5 Å². The molecule has 2 aliphatic rings. The van der Waals surface area contributed by atoms with Crippen molar-refractivity contribution in [1.82, 2.24) is 0 Å². The zero-order valence-electron chi connectivity index (χ0n) is 16.6. The van der Waals surface area contributed by atoms with Gasteiger partial charge in [-0.1, -0.05) is 44.1 Å². The van der Waals surface area contributed by atoms with Crippen molar-refractivity contribution in [3.8, 4) is 0 Å². The van der Waals surface area contributed by atoms with Gasteiger partial charge in [0.25, 0.3) is 0 Å². The minimum absolute atomic E-state index is 0.125. The lowest BCUT2D eigenvalue weighted by Gasteiger charge is -2.29. The molecule has 1 aromatic rings. The molecule has 1 aromatic carbocycles. The van der Waals surface area contributed by atoms with Crippen LogP contribution in [0.2, 0.25) is 0 Å². The molecule has 144 valence electrons. The van der Waals surface area contributed by atoms with Crippen molar-refractivity contribution in [2.45, 2.75) is 84.0 Å². The number of rotatable bonds is 7. The first-order valence-electron chi connectivity index (χ1n) is 11.2. The Hall–Kier alpha value is -1.11. The zero-order valence-corrected chi connectivity index (χ0v) is 16.6. The summed E-state index contributed by atoms with van der Waals surface area (Å²) < 4.78 is 13.0. The number of hydrogen-bond donors (Lipinski definition) is 0. The van der Waals surface area contributed by atoms with Crippen LogP contribution in [0.25, 0.3) is 0 Å². The van der Waals surface area contributed by atoms with Crippen LogP contribution in [0.15, 0.2) is 36.4 Å². The third-order valence-electron chi connectivity index (χ3n) is 6.89. The molecule has 0 spiro atoms. The Morgan fingerprint density at radius 2 is 1.27 bits per heavy atom. The molecule has 0 saturated heterocycles. The lowest BCUT2D eigenvalue weighted by Crippen LogP contribution is -2.15. The van der Waals surface area contributed by atoms with Crippen LogP contribution in [0.3, 0.4) is 0 Å². The Morgan fingerprint density at radius 1 is 0.769 bits per heavy atom. The van der Waals surface area contributed by atoms with Gasteiger partial charge in [0.2, 0.25) is 0 Å². The van der Waals surface area contributed by atoms with Gasteiger partial charge in [-0.15, -0.1) is 0 Å². The van der Waals surface area contributed by atoms with Gasteiger partial charge < -0.3 is 0 Å². The summed E-state index contributed by atoms with van der Waals surface area (Å²) in [6, 6.07) is 7.07. The summed E-state index contributed by atoms with van der Waals surface area (Å²) in [7, 11) is 0. The monoisotopic (exact) mass is 356 g/mol. The van der Waals surface area contributed by atoms with Gasteiger partial charge in [-0.25, -0.2) is 4.39 Å². The maximum Gasteiger partial charge on any atom is 0.123 e. The second-order valence-corrected chi connectivity index (χ2v) is 8.90. The normalized spacial score (nSPS) is 29.9. The van der Waals surface area contributed by atoms with Gasteiger partial charge >= 0.3 is 0 Å². The van der Waals surface area contributed by atoms with E-state index in [1.54, 1.807) is 12.1 Å². The highest BCUT2D eigenvalue weighted by Crippen LogP contribution is 2.35. The zero-order chi connectivity index (χ0) is 18.2. The van der Waals surface area contributed by atoms with E-state index in [0.717, 1.165) is 30.1 Å². The van der Waals surface area contributed by atoms with Gasteiger partial charge in [-0.3, -0.25) is 0 Å². The summed E-state index contributed by atoms with van der Waals surface area (Å²) >= 11 is 0. The van der Waals surface area contributed by atoms with Crippen LogP contribution in [-0.2, 0) is 6.42 Å². The van der Waals surface area contributed by atoms with E-state index in [4.69, 9.17) is 0 Å². The van der Waals surface area contributed by atoms with Gasteiger partial charge in [0.05, 0.1) is 0 Å². The Kier molecular flexibility index (Phi) is 7.77. The third-order valence-corrected chi connectivity index (χ3v) is 6.89. The van der Waals surface area contributed by atoms with Gasteiger partial charge in [0, 0.05) is 0 Å². The molecule has 0 N–H and O–H groups in total. The van der Waals surface area contributed by atoms with Gasteiger partial charge in [0.15, 0.2) is 0 Å². The van der Waals surface area contributed by atoms with Crippen molar-refractivity contribution >= 4 is 0 Å². The molecule has 0 aliphatic heterocycles. The Morgan fingerprint density at radius 3 is 1.77 bits per heavy atom. The van der Waals surface area contributed by atoms with Crippen LogP contribution in [0.4, 0.5) is 4.39 Å². The van der Waals surface area contributed by atoms with Crippen molar-refractivity contribution in [1.29, 1.82) is 0 Å². The van der Waals surface area contributed by atoms with E-state index in [1.165, 1.54) is 76.2 Å². The smallest absolute Gasteiger partial charge is 0.123 e. The number of aryl methyl sites for hydroxylation is 1. The molecule has 0 amide bonds. The standard InChI is InChI=1S/C25H37F/c1-2-3-20-4-6-21(7-5-20)8-9-22-10-12-23(13-11-22)14-15-24-16-18-25(26)19-17-24/h8-9,16-23H,2-7,10-15H2,1H3. The number of halogens is 1. The van der Waals surface area contributed by atoms with Crippen LogP contribution in [0.1, 0.15) is 83.1 Å². The summed E-state index contributed by atoms with van der Waals surface area (Å²) in [6.45, 7) is 2.32. The Labute approximate surface area is 160 Å². The van der Waals surface area contributed by atoms with Crippen molar-refractivity contribution in [3.05, 3.63) is 47.8 Å². The van der Waals surface area contributed by atoms with Crippen molar-refractivity contribution in [2.24, 2.45) is 23.7 Å². The van der Waals surface area contributed by atoms with Crippen LogP contribution < -0.4 is 0 Å². The van der Waals surface area contributed by atoms with E-state index in [2.05, 4.69) is 19.1 Å². The van der Waals surface area contributed by atoms with Crippen LogP contribution in [-0.4, -0.2) is 0 Å². The highest BCUT2D eigenvalue weighted by atomic mass is 19.1. The lowest BCUT2D eigenvalue weighted by molar-refractivity contribution is 0.285. The first-order chi connectivity index (χ1) is 12.7. The molecule has 0 aromatic heterocycles. The second kappa shape index (κ2) is 10.3. The SMILES string of the molecule is CCCC1CCC(C=CC2CCC(CCc3ccc(F)cc3)CC2)CC1. The van der Waals surface area contributed by atoms with E-state index in [1.807, 2.05) is 12.1 Å². The molecule has 0 unspecified atom stereocenters. The highest BCUT2D eigenvalue weighted by Gasteiger charge is 2.21. The van der Waals surface area contributed by atoms with Crippen molar-refractivity contribution in [3.63, 3.8) is 0 Å². The molecule has 0 radical (unpaired) electrons. The number of benzene rings is 1. The van der Waals surface area contributed by atoms with Gasteiger partial charge in [-0.2, -0.15) is 0 Å². The largest absolute Gasteiger partial charge is 0.207 e. The fourth-order valence-electron chi connectivity index (χ4n) is 5.08. The maximum absolute atomic E-state index is 13.0. The van der Waals surface area contributed by atoms with Crippen molar-refractivity contribution in [2.75, 3.05) is 0 Å². The molecule has 2 saturated carbocycles. The number of allylic oxidation sites excluding steroid dienone is 2. The molecule has 1 heteroatoms. The molecular weight excluding hydrogens is 319 g/mol. The van der Waals surface area contributed by atoms with E-state index < -0.39 is 0 Å². The first-order valence-corrected chi connectivity index (χ1v) is 11.2. The minimum atomic E-state index is -0.125. The summed E-state index contributed by atoms with van der Waals surface area (Å²) in [5.41, 5.74) is 1.28. The second-order valence-electron chi connectivity index (χ2n) is 8.90. The molecule has 0 bridgehead atoms. The van der Waals surface area contributed by atoms with Gasteiger partial charge in [-0.05, 0) is 106 Å². The van der Waals surface area contributed by atoms with Gasteiger partial charge in [0.1, 0.15) is 5.82 Å². The summed E-state index contributed by atoms with van der Waals surface area (Å²) in [5, 5.41) is 0. The first kappa shape index (κ1) is 19.6. The fourth-order valence-corrected chi connectivity index (χ4v) is 5.08. The molecule has 26 heavy (non-hydrogen) atoms. The molecule has 2 fully saturated rings. The topological polar surface area (TPSA) is 0 Å². The molecule has 2 aliphatic carbocycles. The molecular formula is C25H37F. The molecule has 0 heterocycles. The van der Waals surface area contributed by atoms with Crippen molar-refractivity contribution < 1.29 is 4.39 Å². The van der Waals surface area contributed by atoms with E-state index >= 15 is 0 Å². The summed E-state index contributed by atoms with van der Waals surface area (Å²) in [4.78, 5) is 0. The minimum Gasteiger partial charge on any atom is -0.207 e. The Bertz CT molecular complexity index is 528. The van der Waals surface area contributed by atoms with E-state index in [-0.39, 0.29) is 5.82 Å². The highest BCUT2D eigenvalue weighted by molar-refractivity contribution is 5.16. The molecule has 3 rings (SSSR count). The maximum atomic E-state index is 13.0. The average molecular weight is 357 g/mol.